The van der Waals surface area contributed by atoms with Crippen molar-refractivity contribution in [2.45, 2.75) is 16.5 Å². The van der Waals surface area contributed by atoms with Crippen molar-refractivity contribution in [3.8, 4) is 17.2 Å². The fourth-order valence-corrected chi connectivity index (χ4v) is 5.18. The molecule has 170 valence electrons. The number of morpholine rings is 1. The second kappa shape index (κ2) is 10.4. The number of aromatic nitrogens is 2. The molecular weight excluding hydrogens is 457 g/mol. The molecule has 32 heavy (non-hydrogen) atoms. The molecule has 2 heterocycles. The van der Waals surface area contributed by atoms with Gasteiger partial charge in [-0.05, 0) is 48.9 Å². The van der Waals surface area contributed by atoms with Crippen LogP contribution in [0.25, 0.3) is 11.5 Å². The summed E-state index contributed by atoms with van der Waals surface area (Å²) in [6, 6.07) is 12.4. The monoisotopic (exact) mass is 479 g/mol. The third-order valence-corrected chi connectivity index (χ3v) is 7.49. The highest BCUT2D eigenvalue weighted by atomic mass is 32.2. The van der Waals surface area contributed by atoms with E-state index < -0.39 is 10.0 Å². The highest BCUT2D eigenvalue weighted by molar-refractivity contribution is 7.99. The van der Waals surface area contributed by atoms with E-state index in [1.165, 1.54) is 28.2 Å². The zero-order valence-electron chi connectivity index (χ0n) is 17.1. The Labute approximate surface area is 189 Å². The van der Waals surface area contributed by atoms with Crippen molar-refractivity contribution in [3.05, 3.63) is 54.3 Å². The average Bonchev–Trinajstić information content (AvgIpc) is 3.30. The van der Waals surface area contributed by atoms with Crippen LogP contribution in [0.3, 0.4) is 0 Å². The second-order valence-electron chi connectivity index (χ2n) is 6.92. The van der Waals surface area contributed by atoms with Gasteiger partial charge in [-0.2, -0.15) is 4.31 Å². The number of hydrogen-bond donors (Lipinski definition) is 0. The van der Waals surface area contributed by atoms with Crippen LogP contribution in [0, 0.1) is 5.82 Å². The average molecular weight is 480 g/mol. The molecule has 0 radical (unpaired) electrons. The van der Waals surface area contributed by atoms with E-state index in [-0.39, 0.29) is 16.6 Å². The van der Waals surface area contributed by atoms with Gasteiger partial charge in [0, 0.05) is 24.4 Å². The molecule has 1 fully saturated rings. The number of rotatable bonds is 9. The summed E-state index contributed by atoms with van der Waals surface area (Å²) in [7, 11) is -3.61. The number of hydrogen-bond acceptors (Lipinski definition) is 8. The van der Waals surface area contributed by atoms with Gasteiger partial charge in [0.1, 0.15) is 11.6 Å². The minimum absolute atomic E-state index is 0.183. The van der Waals surface area contributed by atoms with Gasteiger partial charge in [-0.3, -0.25) is 0 Å². The van der Waals surface area contributed by atoms with E-state index in [2.05, 4.69) is 10.2 Å². The lowest BCUT2D eigenvalue weighted by atomic mass is 10.2. The fourth-order valence-electron chi connectivity index (χ4n) is 3.05. The quantitative estimate of drug-likeness (QED) is 0.340. The maximum atomic E-state index is 12.9. The van der Waals surface area contributed by atoms with Gasteiger partial charge in [-0.25, -0.2) is 12.8 Å². The summed E-state index contributed by atoms with van der Waals surface area (Å²) in [5.41, 5.74) is 0.540. The smallest absolute Gasteiger partial charge is 0.276 e. The van der Waals surface area contributed by atoms with E-state index in [4.69, 9.17) is 13.9 Å². The molecular formula is C21H22FN3O5S2. The highest BCUT2D eigenvalue weighted by Crippen LogP contribution is 2.27. The SMILES string of the molecule is O=S(=O)(c1cccc(-c2nnc(SCCCOc3ccc(F)cc3)o2)c1)N1CCOCC1. The summed E-state index contributed by atoms with van der Waals surface area (Å²) in [5.74, 6) is 1.26. The van der Waals surface area contributed by atoms with Crippen molar-refractivity contribution in [2.24, 2.45) is 0 Å². The van der Waals surface area contributed by atoms with Gasteiger partial charge >= 0.3 is 0 Å². The van der Waals surface area contributed by atoms with Crippen molar-refractivity contribution in [2.75, 3.05) is 38.7 Å². The molecule has 1 aliphatic rings. The fraction of sp³-hybridized carbons (Fsp3) is 0.333. The van der Waals surface area contributed by atoms with Crippen LogP contribution in [0.2, 0.25) is 0 Å². The predicted octanol–water partition coefficient (Wildman–Crippen LogP) is 3.46. The highest BCUT2D eigenvalue weighted by Gasteiger charge is 2.26. The summed E-state index contributed by atoms with van der Waals surface area (Å²) >= 11 is 1.39. The predicted molar refractivity (Wildman–Crippen MR) is 117 cm³/mol. The van der Waals surface area contributed by atoms with E-state index in [1.807, 2.05) is 0 Å². The molecule has 1 aliphatic heterocycles. The summed E-state index contributed by atoms with van der Waals surface area (Å²) < 4.78 is 56.5. The lowest BCUT2D eigenvalue weighted by molar-refractivity contribution is 0.0730. The summed E-state index contributed by atoms with van der Waals surface area (Å²) in [4.78, 5) is 0.183. The summed E-state index contributed by atoms with van der Waals surface area (Å²) in [6.07, 6.45) is 0.729. The van der Waals surface area contributed by atoms with Gasteiger partial charge in [0.05, 0.1) is 24.7 Å². The molecule has 3 aromatic rings. The van der Waals surface area contributed by atoms with Crippen LogP contribution < -0.4 is 4.74 Å². The second-order valence-corrected chi connectivity index (χ2v) is 9.91. The normalized spacial score (nSPS) is 15.0. The number of halogens is 1. The number of sulfonamides is 1. The maximum Gasteiger partial charge on any atom is 0.276 e. The van der Waals surface area contributed by atoms with Crippen molar-refractivity contribution in [1.29, 1.82) is 0 Å². The first-order valence-corrected chi connectivity index (χ1v) is 12.5. The zero-order chi connectivity index (χ0) is 22.4. The van der Waals surface area contributed by atoms with Crippen molar-refractivity contribution >= 4 is 21.8 Å². The molecule has 0 unspecified atom stereocenters. The van der Waals surface area contributed by atoms with Crippen LogP contribution in [0.1, 0.15) is 6.42 Å². The Bertz CT molecular complexity index is 1130. The molecule has 0 atom stereocenters. The Hall–Kier alpha value is -2.47. The van der Waals surface area contributed by atoms with Gasteiger partial charge in [-0.1, -0.05) is 17.8 Å². The largest absolute Gasteiger partial charge is 0.494 e. The van der Waals surface area contributed by atoms with Gasteiger partial charge in [0.2, 0.25) is 15.9 Å². The summed E-state index contributed by atoms with van der Waals surface area (Å²) in [5, 5.41) is 8.46. The molecule has 0 aliphatic carbocycles. The first-order chi connectivity index (χ1) is 15.5. The van der Waals surface area contributed by atoms with E-state index >= 15 is 0 Å². The molecule has 4 rings (SSSR count). The zero-order valence-corrected chi connectivity index (χ0v) is 18.8. The van der Waals surface area contributed by atoms with Gasteiger partial charge in [-0.15, -0.1) is 10.2 Å². The molecule has 0 amide bonds. The summed E-state index contributed by atoms with van der Waals surface area (Å²) in [6.45, 7) is 1.91. The van der Waals surface area contributed by atoms with Gasteiger partial charge < -0.3 is 13.9 Å². The third kappa shape index (κ3) is 5.66. The van der Waals surface area contributed by atoms with Gasteiger partial charge in [0.25, 0.3) is 5.22 Å². The number of nitrogens with zero attached hydrogens (tertiary/aromatic N) is 3. The van der Waals surface area contributed by atoms with Crippen LogP contribution in [0.4, 0.5) is 4.39 Å². The lowest BCUT2D eigenvalue weighted by Crippen LogP contribution is -2.40. The Kier molecular flexibility index (Phi) is 7.40. The molecule has 0 spiro atoms. The molecule has 11 heteroatoms. The first-order valence-electron chi connectivity index (χ1n) is 10.1. The van der Waals surface area contributed by atoms with Crippen LogP contribution in [0.15, 0.2) is 63.1 Å². The Balaban J connectivity index is 1.32. The van der Waals surface area contributed by atoms with Crippen molar-refractivity contribution < 1.29 is 26.7 Å². The third-order valence-electron chi connectivity index (χ3n) is 4.69. The molecule has 1 saturated heterocycles. The van der Waals surface area contributed by atoms with Crippen LogP contribution >= 0.6 is 11.8 Å². The first kappa shape index (κ1) is 22.7. The Morgan fingerprint density at radius 2 is 1.88 bits per heavy atom. The van der Waals surface area contributed by atoms with Crippen LogP contribution in [0.5, 0.6) is 5.75 Å². The maximum absolute atomic E-state index is 12.9. The molecule has 2 aromatic carbocycles. The number of thioether (sulfide) groups is 1. The van der Waals surface area contributed by atoms with Crippen molar-refractivity contribution in [3.63, 3.8) is 0 Å². The molecule has 0 saturated carbocycles. The molecule has 1 aromatic heterocycles. The molecule has 0 bridgehead atoms. The van der Waals surface area contributed by atoms with Gasteiger partial charge in [0.15, 0.2) is 0 Å². The Morgan fingerprint density at radius 3 is 2.66 bits per heavy atom. The van der Waals surface area contributed by atoms with E-state index in [1.54, 1.807) is 36.4 Å². The van der Waals surface area contributed by atoms with Crippen molar-refractivity contribution in [1.82, 2.24) is 14.5 Å². The van der Waals surface area contributed by atoms with E-state index in [0.717, 1.165) is 6.42 Å². The molecule has 8 nitrogen and oxygen atoms in total. The Morgan fingerprint density at radius 1 is 1.09 bits per heavy atom. The standard InChI is InChI=1S/C21H22FN3O5S2/c22-17-5-7-18(8-6-17)29-11-2-14-31-21-24-23-20(30-21)16-3-1-4-19(15-16)32(26,27)25-9-12-28-13-10-25/h1,3-8,15H,2,9-14H2. The molecule has 0 N–H and O–H groups in total. The van der Waals surface area contributed by atoms with Crippen LogP contribution in [-0.2, 0) is 14.8 Å². The van der Waals surface area contributed by atoms with E-state index in [0.29, 0.717) is 55.2 Å². The number of ether oxygens (including phenoxy) is 2. The van der Waals surface area contributed by atoms with Crippen LogP contribution in [-0.4, -0.2) is 61.6 Å². The lowest BCUT2D eigenvalue weighted by Gasteiger charge is -2.26. The number of benzene rings is 2. The minimum Gasteiger partial charge on any atom is -0.494 e. The topological polar surface area (TPSA) is 94.8 Å². The van der Waals surface area contributed by atoms with E-state index in [9.17, 15) is 12.8 Å². The minimum atomic E-state index is -3.61.